The third kappa shape index (κ3) is 3.74. The summed E-state index contributed by atoms with van der Waals surface area (Å²) < 4.78 is 4.61. The maximum atomic E-state index is 12.2. The van der Waals surface area contributed by atoms with Crippen LogP contribution >= 0.6 is 0 Å². The molecule has 0 aliphatic rings. The fourth-order valence-electron chi connectivity index (χ4n) is 1.73. The highest BCUT2D eigenvalue weighted by atomic mass is 16.6. The molecule has 0 amide bonds. The van der Waals surface area contributed by atoms with Gasteiger partial charge in [0.15, 0.2) is 5.78 Å². The highest BCUT2D eigenvalue weighted by molar-refractivity contribution is 6.08. The van der Waals surface area contributed by atoms with Crippen LogP contribution in [0, 0.1) is 16.0 Å². The van der Waals surface area contributed by atoms with E-state index < -0.39 is 22.6 Å². The summed E-state index contributed by atoms with van der Waals surface area (Å²) >= 11 is 0. The zero-order chi connectivity index (χ0) is 15.1. The molecule has 20 heavy (non-hydrogen) atoms. The third-order valence-electron chi connectivity index (χ3n) is 2.82. The Hall–Kier alpha value is -2.50. The van der Waals surface area contributed by atoms with Crippen molar-refractivity contribution in [3.8, 4) is 0 Å². The van der Waals surface area contributed by atoms with Crippen LogP contribution in [0.15, 0.2) is 36.9 Å². The molecule has 0 spiro atoms. The Morgan fingerprint density at radius 3 is 2.45 bits per heavy atom. The summed E-state index contributed by atoms with van der Waals surface area (Å²) in [7, 11) is 1.21. The van der Waals surface area contributed by atoms with E-state index in [1.165, 1.54) is 31.4 Å². The summed E-state index contributed by atoms with van der Waals surface area (Å²) in [6.45, 7) is 3.54. The molecule has 1 atom stereocenters. The van der Waals surface area contributed by atoms with Gasteiger partial charge in [-0.25, -0.2) is 0 Å². The first kappa shape index (κ1) is 15.6. The van der Waals surface area contributed by atoms with Gasteiger partial charge in [-0.05, 0) is 25.0 Å². The second kappa shape index (κ2) is 7.18. The van der Waals surface area contributed by atoms with Crippen LogP contribution in [-0.4, -0.2) is 23.8 Å². The van der Waals surface area contributed by atoms with E-state index in [1.807, 2.05) is 0 Å². The van der Waals surface area contributed by atoms with Crippen molar-refractivity contribution in [3.63, 3.8) is 0 Å². The molecule has 0 aliphatic carbocycles. The molecule has 1 aromatic carbocycles. The summed E-state index contributed by atoms with van der Waals surface area (Å²) in [5.74, 6) is -1.94. The molecule has 6 nitrogen and oxygen atoms in total. The van der Waals surface area contributed by atoms with Crippen LogP contribution in [0.2, 0.25) is 0 Å². The number of methoxy groups -OCH3 is 1. The molecule has 0 saturated carbocycles. The summed E-state index contributed by atoms with van der Waals surface area (Å²) in [5, 5.41) is 10.5. The minimum absolute atomic E-state index is 0.109. The van der Waals surface area contributed by atoms with Gasteiger partial charge in [0.05, 0.1) is 12.0 Å². The number of ketones is 1. The fourth-order valence-corrected chi connectivity index (χ4v) is 1.73. The van der Waals surface area contributed by atoms with E-state index in [0.717, 1.165) is 0 Å². The van der Waals surface area contributed by atoms with Gasteiger partial charge in [0, 0.05) is 17.7 Å². The lowest BCUT2D eigenvalue weighted by atomic mass is 9.93. The van der Waals surface area contributed by atoms with E-state index in [0.29, 0.717) is 12.8 Å². The molecule has 0 aromatic heterocycles. The number of benzene rings is 1. The number of ether oxygens (including phenoxy) is 1. The van der Waals surface area contributed by atoms with Gasteiger partial charge in [0.2, 0.25) is 0 Å². The lowest BCUT2D eigenvalue weighted by molar-refractivity contribution is -0.384. The van der Waals surface area contributed by atoms with Gasteiger partial charge in [-0.2, -0.15) is 0 Å². The minimum Gasteiger partial charge on any atom is -0.468 e. The Bertz CT molecular complexity index is 521. The summed E-state index contributed by atoms with van der Waals surface area (Å²) in [5.41, 5.74) is 0.136. The monoisotopic (exact) mass is 277 g/mol. The lowest BCUT2D eigenvalue weighted by Crippen LogP contribution is -2.25. The third-order valence-corrected chi connectivity index (χ3v) is 2.82. The summed E-state index contributed by atoms with van der Waals surface area (Å²) in [6.07, 6.45) is 2.41. The number of rotatable bonds is 7. The average Bonchev–Trinajstić information content (AvgIpc) is 2.47. The fraction of sp³-hybridized carbons (Fsp3) is 0.286. The van der Waals surface area contributed by atoms with Crippen LogP contribution in [0.25, 0.3) is 0 Å². The predicted molar refractivity (Wildman–Crippen MR) is 72.4 cm³/mol. The van der Waals surface area contributed by atoms with Gasteiger partial charge in [-0.15, -0.1) is 6.58 Å². The largest absolute Gasteiger partial charge is 0.468 e. The maximum Gasteiger partial charge on any atom is 0.316 e. The van der Waals surface area contributed by atoms with Crippen molar-refractivity contribution in [2.75, 3.05) is 7.11 Å². The van der Waals surface area contributed by atoms with E-state index in [1.54, 1.807) is 6.08 Å². The summed E-state index contributed by atoms with van der Waals surface area (Å²) in [6, 6.07) is 5.14. The Morgan fingerprint density at radius 1 is 1.40 bits per heavy atom. The highest BCUT2D eigenvalue weighted by Crippen LogP contribution is 2.19. The molecule has 1 aromatic rings. The Kier molecular flexibility index (Phi) is 5.58. The molecule has 106 valence electrons. The first-order valence-electron chi connectivity index (χ1n) is 5.98. The van der Waals surface area contributed by atoms with Crippen LogP contribution < -0.4 is 0 Å². The van der Waals surface area contributed by atoms with Crippen molar-refractivity contribution in [1.29, 1.82) is 0 Å². The number of nitro groups is 1. The molecule has 0 saturated heterocycles. The predicted octanol–water partition coefficient (Wildman–Crippen LogP) is 2.53. The Morgan fingerprint density at radius 2 is 2.00 bits per heavy atom. The maximum absolute atomic E-state index is 12.2. The van der Waals surface area contributed by atoms with E-state index in [2.05, 4.69) is 11.3 Å². The number of non-ortho nitro benzene ring substituents is 1. The van der Waals surface area contributed by atoms with Crippen LogP contribution in [0.4, 0.5) is 5.69 Å². The number of nitro benzene ring substituents is 1. The molecule has 1 rings (SSSR count). The van der Waals surface area contributed by atoms with E-state index in [9.17, 15) is 19.7 Å². The quantitative estimate of drug-likeness (QED) is 0.191. The minimum atomic E-state index is -0.917. The molecule has 0 aliphatic heterocycles. The molecule has 0 heterocycles. The summed E-state index contributed by atoms with van der Waals surface area (Å²) in [4.78, 5) is 33.8. The molecule has 0 radical (unpaired) electrons. The van der Waals surface area contributed by atoms with Gasteiger partial charge < -0.3 is 4.74 Å². The number of carbonyl (C=O) groups excluding carboxylic acids is 2. The first-order chi connectivity index (χ1) is 9.51. The topological polar surface area (TPSA) is 86.5 Å². The van der Waals surface area contributed by atoms with Gasteiger partial charge in [-0.3, -0.25) is 19.7 Å². The van der Waals surface area contributed by atoms with Crippen molar-refractivity contribution in [1.82, 2.24) is 0 Å². The van der Waals surface area contributed by atoms with E-state index >= 15 is 0 Å². The zero-order valence-electron chi connectivity index (χ0n) is 11.1. The second-order valence-electron chi connectivity index (χ2n) is 4.11. The number of hydrogen-bond donors (Lipinski definition) is 0. The van der Waals surface area contributed by atoms with Crippen LogP contribution in [0.5, 0.6) is 0 Å². The van der Waals surface area contributed by atoms with Gasteiger partial charge >= 0.3 is 5.97 Å². The Balaban J connectivity index is 2.95. The average molecular weight is 277 g/mol. The van der Waals surface area contributed by atoms with Gasteiger partial charge in [-0.1, -0.05) is 6.08 Å². The van der Waals surface area contributed by atoms with Gasteiger partial charge in [0.25, 0.3) is 5.69 Å². The number of allylic oxidation sites excluding steroid dienone is 1. The SMILES string of the molecule is C=CCCC(C(=O)OC)C(=O)c1ccc([N+](=O)[O-])cc1. The molecule has 0 fully saturated rings. The zero-order valence-corrected chi connectivity index (χ0v) is 11.1. The normalized spacial score (nSPS) is 11.4. The van der Waals surface area contributed by atoms with Crippen molar-refractivity contribution < 1.29 is 19.2 Å². The van der Waals surface area contributed by atoms with Crippen molar-refractivity contribution in [2.45, 2.75) is 12.8 Å². The Labute approximate surface area is 116 Å². The molecular formula is C14H15NO5. The number of esters is 1. The van der Waals surface area contributed by atoms with Crippen LogP contribution in [-0.2, 0) is 9.53 Å². The first-order valence-corrected chi connectivity index (χ1v) is 5.98. The van der Waals surface area contributed by atoms with Crippen molar-refractivity contribution >= 4 is 17.4 Å². The number of Topliss-reactive ketones (excluding diaryl/α,β-unsaturated/α-hetero) is 1. The van der Waals surface area contributed by atoms with Crippen LogP contribution in [0.1, 0.15) is 23.2 Å². The van der Waals surface area contributed by atoms with Crippen LogP contribution in [0.3, 0.4) is 0 Å². The lowest BCUT2D eigenvalue weighted by Gasteiger charge is -2.12. The number of hydrogen-bond acceptors (Lipinski definition) is 5. The van der Waals surface area contributed by atoms with E-state index in [4.69, 9.17) is 0 Å². The molecule has 6 heteroatoms. The molecule has 0 bridgehead atoms. The highest BCUT2D eigenvalue weighted by Gasteiger charge is 2.28. The molecule has 0 N–H and O–H groups in total. The standard InChI is InChI=1S/C14H15NO5/c1-3-4-5-12(14(17)20-2)13(16)10-6-8-11(9-7-10)15(18)19/h3,6-9,12H,1,4-5H2,2H3. The second-order valence-corrected chi connectivity index (χ2v) is 4.11. The smallest absolute Gasteiger partial charge is 0.316 e. The molecular weight excluding hydrogens is 262 g/mol. The molecule has 1 unspecified atom stereocenters. The van der Waals surface area contributed by atoms with Gasteiger partial charge in [0.1, 0.15) is 5.92 Å². The number of carbonyl (C=O) groups is 2. The van der Waals surface area contributed by atoms with Crippen molar-refractivity contribution in [2.24, 2.45) is 5.92 Å². The van der Waals surface area contributed by atoms with Crippen molar-refractivity contribution in [3.05, 3.63) is 52.6 Å². The number of nitrogens with zero attached hydrogens (tertiary/aromatic N) is 1. The van der Waals surface area contributed by atoms with E-state index in [-0.39, 0.29) is 11.3 Å².